The Morgan fingerprint density at radius 1 is 1.16 bits per heavy atom. The Balaban J connectivity index is 1.87. The first kappa shape index (κ1) is 23.4. The van der Waals surface area contributed by atoms with E-state index in [0.29, 0.717) is 17.3 Å². The van der Waals surface area contributed by atoms with Gasteiger partial charge in [-0.3, -0.25) is 19.8 Å². The maximum absolute atomic E-state index is 12.8. The number of rotatable bonds is 8. The average molecular weight is 505 g/mol. The first-order valence-electron chi connectivity index (χ1n) is 9.81. The summed E-state index contributed by atoms with van der Waals surface area (Å²) in [5.74, 6) is -1.49. The van der Waals surface area contributed by atoms with Gasteiger partial charge in [-0.05, 0) is 30.7 Å². The van der Waals surface area contributed by atoms with Crippen molar-refractivity contribution < 1.29 is 28.8 Å². The summed E-state index contributed by atoms with van der Waals surface area (Å²) in [6.45, 7) is 0.0249. The Kier molecular flexibility index (Phi) is 7.24. The zero-order valence-corrected chi connectivity index (χ0v) is 18.9. The molecule has 10 heteroatoms. The Bertz CT molecular complexity index is 1040. The molecule has 0 spiro atoms. The van der Waals surface area contributed by atoms with Gasteiger partial charge in [-0.2, -0.15) is 0 Å². The van der Waals surface area contributed by atoms with Gasteiger partial charge in [0.25, 0.3) is 5.69 Å². The van der Waals surface area contributed by atoms with Gasteiger partial charge < -0.3 is 9.47 Å². The minimum Gasteiger partial charge on any atom is -0.465 e. The van der Waals surface area contributed by atoms with Crippen molar-refractivity contribution >= 4 is 45.2 Å². The lowest BCUT2D eigenvalue weighted by atomic mass is 9.94. The number of carbonyl (C=O) groups is 3. The van der Waals surface area contributed by atoms with E-state index in [2.05, 4.69) is 20.7 Å². The molecule has 9 nitrogen and oxygen atoms in total. The zero-order chi connectivity index (χ0) is 23.3. The normalized spacial score (nSPS) is 17.8. The highest BCUT2D eigenvalue weighted by molar-refractivity contribution is 9.09. The van der Waals surface area contributed by atoms with Crippen molar-refractivity contribution in [1.29, 1.82) is 0 Å². The lowest BCUT2D eigenvalue weighted by Gasteiger charge is -2.37. The molecular weight excluding hydrogens is 484 g/mol. The Morgan fingerprint density at radius 3 is 2.50 bits per heavy atom. The quantitative estimate of drug-likeness (QED) is 0.231. The SMILES string of the molecule is COC(=O)c1ccc(N2C(=O)CCC2(CBr)CCOC(=O)c2ccccc2)c([N+](=O)[O-])c1. The summed E-state index contributed by atoms with van der Waals surface area (Å²) < 4.78 is 10.0. The van der Waals surface area contributed by atoms with Crippen molar-refractivity contribution in [3.8, 4) is 0 Å². The van der Waals surface area contributed by atoms with Crippen molar-refractivity contribution in [2.24, 2.45) is 0 Å². The van der Waals surface area contributed by atoms with Crippen LogP contribution in [0.25, 0.3) is 0 Å². The van der Waals surface area contributed by atoms with Gasteiger partial charge in [-0.15, -0.1) is 0 Å². The van der Waals surface area contributed by atoms with E-state index < -0.39 is 22.4 Å². The fourth-order valence-corrected chi connectivity index (χ4v) is 4.55. The van der Waals surface area contributed by atoms with E-state index in [9.17, 15) is 24.5 Å². The molecule has 1 unspecified atom stereocenters. The second kappa shape index (κ2) is 9.90. The second-order valence-corrected chi connectivity index (χ2v) is 7.85. The first-order chi connectivity index (χ1) is 15.3. The number of ether oxygens (including phenoxy) is 2. The molecule has 32 heavy (non-hydrogen) atoms. The number of nitro groups is 1. The van der Waals surface area contributed by atoms with Gasteiger partial charge in [0.1, 0.15) is 5.69 Å². The summed E-state index contributed by atoms with van der Waals surface area (Å²) in [6.07, 6.45) is 0.891. The van der Waals surface area contributed by atoms with Crippen LogP contribution in [-0.2, 0) is 14.3 Å². The molecule has 1 amide bonds. The highest BCUT2D eigenvalue weighted by atomic mass is 79.9. The number of benzene rings is 2. The molecule has 2 aromatic carbocycles. The van der Waals surface area contributed by atoms with Gasteiger partial charge in [-0.25, -0.2) is 9.59 Å². The number of methoxy groups -OCH3 is 1. The van der Waals surface area contributed by atoms with Crippen LogP contribution in [0.1, 0.15) is 40.0 Å². The smallest absolute Gasteiger partial charge is 0.338 e. The minimum atomic E-state index is -0.828. The molecule has 168 valence electrons. The van der Waals surface area contributed by atoms with E-state index in [-0.39, 0.29) is 42.3 Å². The van der Waals surface area contributed by atoms with Gasteiger partial charge in [0.2, 0.25) is 5.91 Å². The molecule has 0 N–H and O–H groups in total. The molecule has 2 aromatic rings. The fraction of sp³-hybridized carbons (Fsp3) is 0.318. The van der Waals surface area contributed by atoms with Crippen LogP contribution in [0.3, 0.4) is 0 Å². The molecule has 1 saturated heterocycles. The van der Waals surface area contributed by atoms with Crippen LogP contribution >= 0.6 is 15.9 Å². The van der Waals surface area contributed by atoms with Crippen LogP contribution in [0.15, 0.2) is 48.5 Å². The molecule has 1 atom stereocenters. The monoisotopic (exact) mass is 504 g/mol. The lowest BCUT2D eigenvalue weighted by molar-refractivity contribution is -0.384. The Morgan fingerprint density at radius 2 is 1.88 bits per heavy atom. The van der Waals surface area contributed by atoms with Crippen molar-refractivity contribution in [2.75, 3.05) is 23.9 Å². The van der Waals surface area contributed by atoms with E-state index in [1.165, 1.54) is 24.1 Å². The number of carbonyl (C=O) groups excluding carboxylic acids is 3. The number of halogens is 1. The third kappa shape index (κ3) is 4.64. The van der Waals surface area contributed by atoms with Crippen LogP contribution in [-0.4, -0.2) is 47.4 Å². The third-order valence-corrected chi connectivity index (χ3v) is 6.46. The summed E-state index contributed by atoms with van der Waals surface area (Å²) in [5.41, 5.74) is -0.704. The molecular formula is C22H21BrN2O7. The van der Waals surface area contributed by atoms with Gasteiger partial charge in [0, 0.05) is 24.2 Å². The molecule has 0 aromatic heterocycles. The maximum Gasteiger partial charge on any atom is 0.338 e. The van der Waals surface area contributed by atoms with Crippen LogP contribution in [0.2, 0.25) is 0 Å². The highest BCUT2D eigenvalue weighted by Crippen LogP contribution is 2.43. The average Bonchev–Trinajstić information content (AvgIpc) is 3.14. The fourth-order valence-electron chi connectivity index (χ4n) is 3.74. The zero-order valence-electron chi connectivity index (χ0n) is 17.3. The summed E-state index contributed by atoms with van der Waals surface area (Å²) >= 11 is 3.44. The molecule has 3 rings (SSSR count). The molecule has 1 aliphatic rings. The topological polar surface area (TPSA) is 116 Å². The highest BCUT2D eigenvalue weighted by Gasteiger charge is 2.47. The largest absolute Gasteiger partial charge is 0.465 e. The maximum atomic E-state index is 12.8. The van der Waals surface area contributed by atoms with E-state index in [1.807, 2.05) is 0 Å². The second-order valence-electron chi connectivity index (χ2n) is 7.29. The predicted octanol–water partition coefficient (Wildman–Crippen LogP) is 3.89. The number of nitrogens with zero attached hydrogens (tertiary/aromatic N) is 2. The third-order valence-electron chi connectivity index (χ3n) is 5.42. The summed E-state index contributed by atoms with van der Waals surface area (Å²) in [6, 6.07) is 12.4. The Hall–Kier alpha value is -3.27. The van der Waals surface area contributed by atoms with Gasteiger partial charge in [0.05, 0.1) is 35.3 Å². The summed E-state index contributed by atoms with van der Waals surface area (Å²) in [7, 11) is 1.18. The minimum absolute atomic E-state index is 0.0100. The number of alkyl halides is 1. The van der Waals surface area contributed by atoms with Crippen molar-refractivity contribution in [3.05, 3.63) is 69.8 Å². The van der Waals surface area contributed by atoms with Gasteiger partial charge in [-0.1, -0.05) is 34.1 Å². The van der Waals surface area contributed by atoms with E-state index in [4.69, 9.17) is 4.74 Å². The van der Waals surface area contributed by atoms with Crippen LogP contribution in [0, 0.1) is 10.1 Å². The van der Waals surface area contributed by atoms with E-state index in [1.54, 1.807) is 30.3 Å². The number of hydrogen-bond acceptors (Lipinski definition) is 7. The van der Waals surface area contributed by atoms with Crippen molar-refractivity contribution in [3.63, 3.8) is 0 Å². The number of hydrogen-bond donors (Lipinski definition) is 0. The molecule has 0 saturated carbocycles. The summed E-state index contributed by atoms with van der Waals surface area (Å²) in [4.78, 5) is 49.4. The molecule has 1 aliphatic heterocycles. The molecule has 0 radical (unpaired) electrons. The number of amides is 1. The van der Waals surface area contributed by atoms with Crippen molar-refractivity contribution in [2.45, 2.75) is 24.8 Å². The number of nitro benzene ring substituents is 1. The van der Waals surface area contributed by atoms with Crippen LogP contribution < -0.4 is 4.90 Å². The Labute approximate surface area is 192 Å². The standard InChI is InChI=1S/C22H21BrN2O7/c1-31-20(27)16-7-8-17(18(13-16)25(29)30)24-19(26)9-10-22(24,14-23)11-12-32-21(28)15-5-3-2-4-6-15/h2-8,13H,9-12,14H2,1H3. The van der Waals surface area contributed by atoms with E-state index in [0.717, 1.165) is 6.07 Å². The first-order valence-corrected chi connectivity index (χ1v) is 10.9. The number of esters is 2. The lowest BCUT2D eigenvalue weighted by Crippen LogP contribution is -2.48. The molecule has 0 aliphatic carbocycles. The van der Waals surface area contributed by atoms with E-state index >= 15 is 0 Å². The molecule has 1 heterocycles. The van der Waals surface area contributed by atoms with Gasteiger partial charge in [0.15, 0.2) is 0 Å². The van der Waals surface area contributed by atoms with Gasteiger partial charge >= 0.3 is 11.9 Å². The number of anilines is 1. The van der Waals surface area contributed by atoms with Crippen molar-refractivity contribution in [1.82, 2.24) is 0 Å². The van der Waals surface area contributed by atoms with Crippen LogP contribution in [0.5, 0.6) is 0 Å². The summed E-state index contributed by atoms with van der Waals surface area (Å²) in [5, 5.41) is 12.1. The predicted molar refractivity (Wildman–Crippen MR) is 119 cm³/mol. The molecule has 1 fully saturated rings. The molecule has 0 bridgehead atoms. The van der Waals surface area contributed by atoms with Crippen LogP contribution in [0.4, 0.5) is 11.4 Å².